The van der Waals surface area contributed by atoms with Crippen LogP contribution >= 0.6 is 0 Å². The van der Waals surface area contributed by atoms with Crippen LogP contribution in [0.25, 0.3) is 11.3 Å². The van der Waals surface area contributed by atoms with Gasteiger partial charge in [0.1, 0.15) is 5.82 Å². The smallest absolute Gasteiger partial charge is 0.300 e. The number of benzene rings is 2. The molecule has 4 rings (SSSR count). The molecule has 152 valence electrons. The summed E-state index contributed by atoms with van der Waals surface area (Å²) in [6.07, 6.45) is 4.10. The summed E-state index contributed by atoms with van der Waals surface area (Å²) in [6.45, 7) is 5.99. The minimum Gasteiger partial charge on any atom is -0.326 e. The van der Waals surface area contributed by atoms with Gasteiger partial charge in [-0.1, -0.05) is 23.8 Å². The molecule has 2 aromatic carbocycles. The van der Waals surface area contributed by atoms with Crippen LogP contribution in [-0.2, 0) is 11.2 Å². The molecule has 30 heavy (non-hydrogen) atoms. The number of carbonyl (C=O) groups excluding carboxylic acids is 1. The summed E-state index contributed by atoms with van der Waals surface area (Å²) >= 11 is 0. The molecule has 2 heterocycles. The number of amides is 1. The molecule has 0 radical (unpaired) electrons. The van der Waals surface area contributed by atoms with E-state index in [1.165, 1.54) is 0 Å². The van der Waals surface area contributed by atoms with Crippen LogP contribution in [0, 0.1) is 20.8 Å². The van der Waals surface area contributed by atoms with Crippen molar-refractivity contribution in [2.75, 3.05) is 5.32 Å². The van der Waals surface area contributed by atoms with E-state index in [1.807, 2.05) is 57.2 Å². The zero-order valence-electron chi connectivity index (χ0n) is 17.2. The Morgan fingerprint density at radius 1 is 0.933 bits per heavy atom. The first kappa shape index (κ1) is 19.6. The van der Waals surface area contributed by atoms with Crippen molar-refractivity contribution in [3.05, 3.63) is 87.7 Å². The second kappa shape index (κ2) is 7.94. The van der Waals surface area contributed by atoms with Crippen LogP contribution < -0.4 is 10.9 Å². The number of nitrogens with zero attached hydrogens (tertiary/aromatic N) is 4. The highest BCUT2D eigenvalue weighted by molar-refractivity contribution is 5.90. The van der Waals surface area contributed by atoms with Crippen molar-refractivity contribution in [1.29, 1.82) is 0 Å². The highest BCUT2D eigenvalue weighted by Gasteiger charge is 2.13. The lowest BCUT2D eigenvalue weighted by molar-refractivity contribution is -0.116. The Balaban J connectivity index is 1.53. The zero-order valence-corrected chi connectivity index (χ0v) is 17.2. The number of aromatic nitrogens is 4. The first-order valence-corrected chi connectivity index (χ1v) is 9.81. The second-order valence-corrected chi connectivity index (χ2v) is 7.54. The number of aryl methyl sites for hydroxylation is 4. The van der Waals surface area contributed by atoms with Crippen LogP contribution in [0.2, 0.25) is 0 Å². The van der Waals surface area contributed by atoms with Crippen molar-refractivity contribution in [1.82, 2.24) is 19.2 Å². The SMILES string of the molecule is Cc1ccc(NC(=O)CCc2nnc3c(=O)n(-c4cc(C)cc(C)c4)ccn23)cc1. The average Bonchev–Trinajstić information content (AvgIpc) is 3.12. The lowest BCUT2D eigenvalue weighted by Crippen LogP contribution is -2.20. The Bertz CT molecular complexity index is 1270. The van der Waals surface area contributed by atoms with Crippen molar-refractivity contribution in [3.8, 4) is 5.69 Å². The zero-order chi connectivity index (χ0) is 21.3. The van der Waals surface area contributed by atoms with Crippen LogP contribution in [0.1, 0.15) is 28.9 Å². The van der Waals surface area contributed by atoms with Gasteiger partial charge in [0.05, 0.1) is 0 Å². The van der Waals surface area contributed by atoms with Gasteiger partial charge in [0.2, 0.25) is 11.6 Å². The molecule has 0 saturated heterocycles. The summed E-state index contributed by atoms with van der Waals surface area (Å²) in [6, 6.07) is 13.6. The monoisotopic (exact) mass is 401 g/mol. The molecule has 1 amide bonds. The van der Waals surface area contributed by atoms with E-state index in [0.717, 1.165) is 28.1 Å². The minimum atomic E-state index is -0.245. The van der Waals surface area contributed by atoms with Crippen molar-refractivity contribution in [2.24, 2.45) is 0 Å². The van der Waals surface area contributed by atoms with Gasteiger partial charge in [-0.05, 0) is 56.2 Å². The molecule has 0 fully saturated rings. The molecule has 0 aliphatic carbocycles. The Morgan fingerprint density at radius 3 is 2.33 bits per heavy atom. The fraction of sp³-hybridized carbons (Fsp3) is 0.217. The highest BCUT2D eigenvalue weighted by atomic mass is 16.1. The third-order valence-corrected chi connectivity index (χ3v) is 4.94. The second-order valence-electron chi connectivity index (χ2n) is 7.54. The summed E-state index contributed by atoms with van der Waals surface area (Å²) < 4.78 is 3.22. The Labute approximate surface area is 174 Å². The van der Waals surface area contributed by atoms with E-state index in [-0.39, 0.29) is 23.5 Å². The lowest BCUT2D eigenvalue weighted by atomic mass is 10.1. The van der Waals surface area contributed by atoms with Crippen LogP contribution in [0.3, 0.4) is 0 Å². The molecule has 7 heteroatoms. The molecule has 0 aliphatic heterocycles. The molecular formula is C23H23N5O2. The Kier molecular flexibility index (Phi) is 5.18. The maximum atomic E-state index is 12.9. The molecular weight excluding hydrogens is 378 g/mol. The third-order valence-electron chi connectivity index (χ3n) is 4.94. The Morgan fingerprint density at radius 2 is 1.63 bits per heavy atom. The summed E-state index contributed by atoms with van der Waals surface area (Å²) in [5.41, 5.74) is 4.84. The van der Waals surface area contributed by atoms with E-state index < -0.39 is 0 Å². The standard InChI is InChI=1S/C23H23N5O2/c1-15-4-6-18(7-5-15)24-21(29)9-8-20-25-26-22-23(30)27(10-11-28(20)22)19-13-16(2)12-17(3)14-19/h4-7,10-14H,8-9H2,1-3H3,(H,24,29). The fourth-order valence-electron chi connectivity index (χ4n) is 3.48. The summed E-state index contributed by atoms with van der Waals surface area (Å²) in [5, 5.41) is 11.1. The molecule has 7 nitrogen and oxygen atoms in total. The van der Waals surface area contributed by atoms with E-state index in [1.54, 1.807) is 21.4 Å². The molecule has 1 N–H and O–H groups in total. The number of nitrogens with one attached hydrogen (secondary N) is 1. The van der Waals surface area contributed by atoms with Crippen LogP contribution in [-0.4, -0.2) is 25.1 Å². The summed E-state index contributed by atoms with van der Waals surface area (Å²) in [7, 11) is 0. The molecule has 0 bridgehead atoms. The van der Waals surface area contributed by atoms with Gasteiger partial charge in [-0.25, -0.2) is 0 Å². The van der Waals surface area contributed by atoms with E-state index in [9.17, 15) is 9.59 Å². The average molecular weight is 401 g/mol. The topological polar surface area (TPSA) is 81.3 Å². The van der Waals surface area contributed by atoms with Gasteiger partial charge in [-0.3, -0.25) is 18.6 Å². The largest absolute Gasteiger partial charge is 0.326 e. The van der Waals surface area contributed by atoms with Gasteiger partial charge >= 0.3 is 5.56 Å². The van der Waals surface area contributed by atoms with Crippen LogP contribution in [0.4, 0.5) is 5.69 Å². The van der Waals surface area contributed by atoms with Crippen molar-refractivity contribution >= 4 is 17.2 Å². The first-order valence-electron chi connectivity index (χ1n) is 9.81. The third kappa shape index (κ3) is 4.00. The highest BCUT2D eigenvalue weighted by Crippen LogP contribution is 2.13. The number of fused-ring (bicyclic) bond motifs is 1. The van der Waals surface area contributed by atoms with Crippen LogP contribution in [0.5, 0.6) is 0 Å². The number of anilines is 1. The Hall–Kier alpha value is -3.74. The van der Waals surface area contributed by atoms with E-state index in [0.29, 0.717) is 12.2 Å². The van der Waals surface area contributed by atoms with Gasteiger partial charge < -0.3 is 5.32 Å². The first-order chi connectivity index (χ1) is 14.4. The van der Waals surface area contributed by atoms with Crippen molar-refractivity contribution < 1.29 is 4.79 Å². The lowest BCUT2D eigenvalue weighted by Gasteiger charge is -2.09. The number of hydrogen-bond donors (Lipinski definition) is 1. The maximum absolute atomic E-state index is 12.9. The van der Waals surface area contributed by atoms with Gasteiger partial charge in [-0.15, -0.1) is 10.2 Å². The molecule has 0 unspecified atom stereocenters. The normalized spacial score (nSPS) is 11.0. The summed E-state index contributed by atoms with van der Waals surface area (Å²) in [4.78, 5) is 25.2. The van der Waals surface area contributed by atoms with Gasteiger partial charge in [0.25, 0.3) is 0 Å². The predicted molar refractivity (Wildman–Crippen MR) is 116 cm³/mol. The predicted octanol–water partition coefficient (Wildman–Crippen LogP) is 3.38. The quantitative estimate of drug-likeness (QED) is 0.556. The van der Waals surface area contributed by atoms with E-state index in [4.69, 9.17) is 0 Å². The molecule has 0 spiro atoms. The van der Waals surface area contributed by atoms with Gasteiger partial charge in [0, 0.05) is 36.6 Å². The van der Waals surface area contributed by atoms with Gasteiger partial charge in [-0.2, -0.15) is 0 Å². The van der Waals surface area contributed by atoms with Crippen molar-refractivity contribution in [2.45, 2.75) is 33.6 Å². The maximum Gasteiger partial charge on any atom is 0.300 e. The fourth-order valence-corrected chi connectivity index (χ4v) is 3.48. The number of hydrogen-bond acceptors (Lipinski definition) is 4. The number of carbonyl (C=O) groups is 1. The minimum absolute atomic E-state index is 0.112. The molecule has 2 aromatic heterocycles. The molecule has 0 saturated carbocycles. The van der Waals surface area contributed by atoms with E-state index >= 15 is 0 Å². The number of rotatable bonds is 5. The summed E-state index contributed by atoms with van der Waals surface area (Å²) in [5.74, 6) is 0.466. The van der Waals surface area contributed by atoms with E-state index in [2.05, 4.69) is 21.6 Å². The van der Waals surface area contributed by atoms with Crippen molar-refractivity contribution in [3.63, 3.8) is 0 Å². The van der Waals surface area contributed by atoms with Gasteiger partial charge in [0.15, 0.2) is 0 Å². The molecule has 4 aromatic rings. The molecule has 0 aliphatic rings. The molecule has 0 atom stereocenters. The van der Waals surface area contributed by atoms with Crippen LogP contribution in [0.15, 0.2) is 59.7 Å².